The molecule has 6 unspecified atom stereocenters. The molecule has 10 nitrogen and oxygen atoms in total. The lowest BCUT2D eigenvalue weighted by atomic mass is 9.79. The van der Waals surface area contributed by atoms with E-state index in [4.69, 9.17) is 4.74 Å². The molecular weight excluding hydrogens is 632 g/mol. The zero-order chi connectivity index (χ0) is 37.8. The van der Waals surface area contributed by atoms with Gasteiger partial charge in [-0.2, -0.15) is 0 Å². The zero-order valence-corrected chi connectivity index (χ0v) is 33.2. The van der Waals surface area contributed by atoms with Crippen molar-refractivity contribution in [2.45, 2.75) is 145 Å². The summed E-state index contributed by atoms with van der Waals surface area (Å²) in [6, 6.07) is 8.80. The molecule has 6 atom stereocenters. The van der Waals surface area contributed by atoms with E-state index in [0.29, 0.717) is 42.1 Å². The molecule has 0 saturated carbocycles. The van der Waals surface area contributed by atoms with Crippen LogP contribution < -0.4 is 17.1 Å². The first-order chi connectivity index (χ1) is 23.4. The van der Waals surface area contributed by atoms with Crippen LogP contribution in [0.15, 0.2) is 38.6 Å². The van der Waals surface area contributed by atoms with Crippen LogP contribution in [0.4, 0.5) is 0 Å². The Balaban J connectivity index is 2.26. The van der Waals surface area contributed by atoms with Gasteiger partial charge in [-0.1, -0.05) is 79.2 Å². The number of ether oxygens (including phenoxy) is 1. The van der Waals surface area contributed by atoms with E-state index in [1.165, 1.54) is 24.8 Å². The lowest BCUT2D eigenvalue weighted by Crippen LogP contribution is -2.55. The summed E-state index contributed by atoms with van der Waals surface area (Å²) in [5.41, 5.74) is 0.0361. The fourth-order valence-corrected chi connectivity index (χ4v) is 6.63. The SMILES string of the molecule is CCCCn1c(=O)n(CC(C)CCC(C)c2cccc(C(C)CC)c2)c(=O)n(CC(C)CC(C)(CC)C(=O)OCC(O)C[N+](C)(C)CC)c1=O. The normalized spacial score (nSPS) is 16.3. The van der Waals surface area contributed by atoms with Crippen LogP contribution in [0.2, 0.25) is 0 Å². The Morgan fingerprint density at radius 1 is 0.860 bits per heavy atom. The van der Waals surface area contributed by atoms with Crippen molar-refractivity contribution >= 4 is 5.97 Å². The van der Waals surface area contributed by atoms with Gasteiger partial charge >= 0.3 is 23.0 Å². The van der Waals surface area contributed by atoms with E-state index >= 15 is 0 Å². The van der Waals surface area contributed by atoms with Crippen LogP contribution in [0, 0.1) is 17.3 Å². The monoisotopic (exact) mass is 702 g/mol. The Bertz CT molecular complexity index is 1540. The molecule has 0 spiro atoms. The van der Waals surface area contributed by atoms with E-state index < -0.39 is 34.6 Å². The number of aliphatic hydroxyl groups is 1. The number of likely N-dealkylation sites (N-methyl/N-ethyl adjacent to an activating group) is 1. The highest BCUT2D eigenvalue weighted by atomic mass is 16.5. The predicted octanol–water partition coefficient (Wildman–Crippen LogP) is 6.15. The number of hydrogen-bond acceptors (Lipinski definition) is 6. The topological polar surface area (TPSA) is 113 Å². The van der Waals surface area contributed by atoms with E-state index in [9.17, 15) is 24.3 Å². The number of nitrogens with zero attached hydrogens (tertiary/aromatic N) is 4. The minimum Gasteiger partial charge on any atom is -0.462 e. The molecule has 0 bridgehead atoms. The Labute approximate surface area is 301 Å². The van der Waals surface area contributed by atoms with Crippen LogP contribution in [0.25, 0.3) is 0 Å². The van der Waals surface area contributed by atoms with E-state index in [1.54, 1.807) is 0 Å². The fourth-order valence-electron chi connectivity index (χ4n) is 6.63. The molecular formula is C40H69N4O6+. The molecule has 0 aliphatic rings. The summed E-state index contributed by atoms with van der Waals surface area (Å²) in [7, 11) is 4.03. The Kier molecular flexibility index (Phi) is 16.9. The van der Waals surface area contributed by atoms with Crippen LogP contribution in [0.1, 0.15) is 130 Å². The van der Waals surface area contributed by atoms with Crippen molar-refractivity contribution < 1.29 is 19.1 Å². The highest BCUT2D eigenvalue weighted by Gasteiger charge is 2.36. The lowest BCUT2D eigenvalue weighted by molar-refractivity contribution is -0.891. The van der Waals surface area contributed by atoms with Gasteiger partial charge < -0.3 is 14.3 Å². The second-order valence-corrected chi connectivity index (χ2v) is 16.0. The minimum absolute atomic E-state index is 0.0406. The number of rotatable bonds is 22. The lowest BCUT2D eigenvalue weighted by Gasteiger charge is -2.32. The third kappa shape index (κ3) is 12.1. The van der Waals surface area contributed by atoms with Gasteiger partial charge in [0.2, 0.25) is 0 Å². The standard InChI is InChI=1S/C40H69N4O6/c1-12-16-22-41-37(47)42(25-29(5)20-21-32(8)34-19-17-18-33(23-34)31(7)13-2)39(49)43(38(41)48)26-30(6)24-40(9,14-3)36(46)50-28-35(45)27-44(10,11)15-4/h17-19,23,29-32,35,45H,12-16,20-22,24-28H2,1-11H3/q+1. The zero-order valence-electron chi connectivity index (χ0n) is 33.2. The van der Waals surface area contributed by atoms with E-state index in [1.807, 2.05) is 48.7 Å². The van der Waals surface area contributed by atoms with Crippen LogP contribution in [-0.4, -0.2) is 69.2 Å². The molecule has 0 amide bonds. The maximum Gasteiger partial charge on any atom is 0.336 e. The van der Waals surface area contributed by atoms with Gasteiger partial charge in [-0.3, -0.25) is 4.79 Å². The molecule has 0 radical (unpaired) electrons. The van der Waals surface area contributed by atoms with Crippen molar-refractivity contribution in [2.24, 2.45) is 17.3 Å². The Morgan fingerprint density at radius 3 is 1.96 bits per heavy atom. The van der Waals surface area contributed by atoms with Crippen LogP contribution >= 0.6 is 0 Å². The number of unbranched alkanes of at least 4 members (excludes halogenated alkanes) is 1. The van der Waals surface area contributed by atoms with Gasteiger partial charge in [0.05, 0.1) is 26.1 Å². The van der Waals surface area contributed by atoms with Crippen LogP contribution in [-0.2, 0) is 29.2 Å². The summed E-state index contributed by atoms with van der Waals surface area (Å²) >= 11 is 0. The van der Waals surface area contributed by atoms with Gasteiger partial charge in [-0.25, -0.2) is 28.1 Å². The van der Waals surface area contributed by atoms with E-state index in [0.717, 1.165) is 32.2 Å². The molecule has 284 valence electrons. The molecule has 1 aromatic carbocycles. The largest absolute Gasteiger partial charge is 0.462 e. The average molecular weight is 702 g/mol. The summed E-state index contributed by atoms with van der Waals surface area (Å²) in [6.07, 6.45) is 4.37. The molecule has 1 N–H and O–H groups in total. The molecule has 0 aliphatic heterocycles. The molecule has 10 heteroatoms. The van der Waals surface area contributed by atoms with E-state index in [-0.39, 0.29) is 38.1 Å². The number of aromatic nitrogens is 3. The molecule has 0 saturated heterocycles. The highest BCUT2D eigenvalue weighted by Crippen LogP contribution is 2.32. The second kappa shape index (κ2) is 19.6. The van der Waals surface area contributed by atoms with Gasteiger partial charge in [-0.05, 0) is 87.2 Å². The van der Waals surface area contributed by atoms with Crippen molar-refractivity contribution in [2.75, 3.05) is 33.8 Å². The third-order valence-corrected chi connectivity index (χ3v) is 10.9. The highest BCUT2D eigenvalue weighted by molar-refractivity contribution is 5.76. The summed E-state index contributed by atoms with van der Waals surface area (Å²) < 4.78 is 9.85. The number of quaternary nitrogens is 1. The maximum absolute atomic E-state index is 13.9. The van der Waals surface area contributed by atoms with Crippen LogP contribution in [0.5, 0.6) is 0 Å². The van der Waals surface area contributed by atoms with Gasteiger partial charge in [0.1, 0.15) is 19.3 Å². The van der Waals surface area contributed by atoms with Crippen molar-refractivity contribution in [1.82, 2.24) is 13.7 Å². The van der Waals surface area contributed by atoms with Crippen molar-refractivity contribution in [3.8, 4) is 0 Å². The molecule has 2 aromatic rings. The second-order valence-electron chi connectivity index (χ2n) is 16.0. The first-order valence-corrected chi connectivity index (χ1v) is 19.1. The van der Waals surface area contributed by atoms with Gasteiger partial charge in [-0.15, -0.1) is 0 Å². The minimum atomic E-state index is -0.868. The molecule has 0 aliphatic carbocycles. The molecule has 1 heterocycles. The first kappa shape index (κ1) is 43.2. The summed E-state index contributed by atoms with van der Waals surface area (Å²) in [5.74, 6) is 0.235. The Hall–Kier alpha value is -2.98. The summed E-state index contributed by atoms with van der Waals surface area (Å²) in [4.78, 5) is 54.4. The fraction of sp³-hybridized carbons (Fsp3) is 0.750. The van der Waals surface area contributed by atoms with Crippen molar-refractivity contribution in [3.05, 3.63) is 66.8 Å². The quantitative estimate of drug-likeness (QED) is 0.117. The first-order valence-electron chi connectivity index (χ1n) is 19.1. The van der Waals surface area contributed by atoms with Crippen molar-refractivity contribution in [1.29, 1.82) is 0 Å². The summed E-state index contributed by atoms with van der Waals surface area (Å²) in [6.45, 7) is 20.2. The van der Waals surface area contributed by atoms with Crippen LogP contribution in [0.3, 0.4) is 0 Å². The number of hydrogen-bond donors (Lipinski definition) is 1. The summed E-state index contributed by atoms with van der Waals surface area (Å²) in [5, 5.41) is 10.5. The van der Waals surface area contributed by atoms with Gasteiger partial charge in [0.15, 0.2) is 0 Å². The number of carbonyl (C=O) groups is 1. The smallest absolute Gasteiger partial charge is 0.336 e. The third-order valence-electron chi connectivity index (χ3n) is 10.9. The molecule has 2 rings (SSSR count). The average Bonchev–Trinajstić information content (AvgIpc) is 3.09. The molecule has 50 heavy (non-hydrogen) atoms. The van der Waals surface area contributed by atoms with Crippen molar-refractivity contribution in [3.63, 3.8) is 0 Å². The van der Waals surface area contributed by atoms with Gasteiger partial charge in [0.25, 0.3) is 0 Å². The Morgan fingerprint density at radius 2 is 1.42 bits per heavy atom. The molecule has 0 fully saturated rings. The van der Waals surface area contributed by atoms with Gasteiger partial charge in [0, 0.05) is 19.6 Å². The number of aliphatic hydroxyl groups excluding tert-OH is 1. The predicted molar refractivity (Wildman–Crippen MR) is 203 cm³/mol. The van der Waals surface area contributed by atoms with E-state index in [2.05, 4.69) is 52.0 Å². The number of esters is 1. The number of carbonyl (C=O) groups excluding carboxylic acids is 1. The number of benzene rings is 1. The maximum atomic E-state index is 13.9. The molecule has 1 aromatic heterocycles.